The van der Waals surface area contributed by atoms with Crippen LogP contribution in [0.15, 0.2) is 36.8 Å². The molecule has 1 atom stereocenters. The molecule has 4 N–H and O–H groups in total. The van der Waals surface area contributed by atoms with Gasteiger partial charge in [-0.25, -0.2) is 24.0 Å². The van der Waals surface area contributed by atoms with Crippen LogP contribution >= 0.6 is 11.6 Å². The van der Waals surface area contributed by atoms with Gasteiger partial charge in [-0.3, -0.25) is 9.88 Å². The predicted molar refractivity (Wildman–Crippen MR) is 173 cm³/mol. The summed E-state index contributed by atoms with van der Waals surface area (Å²) in [6, 6.07) is 4.77. The second-order valence-electron chi connectivity index (χ2n) is 12.3. The first kappa shape index (κ1) is 32.5. The fraction of sp³-hybridized carbons (Fsp3) is 0.469. The van der Waals surface area contributed by atoms with E-state index in [1.165, 1.54) is 12.3 Å². The quantitative estimate of drug-likeness (QED) is 0.186. The lowest BCUT2D eigenvalue weighted by molar-refractivity contribution is -0.0136. The van der Waals surface area contributed by atoms with E-state index >= 15 is 4.39 Å². The van der Waals surface area contributed by atoms with Gasteiger partial charge in [0.2, 0.25) is 5.88 Å². The molecule has 0 radical (unpaired) electrons. The zero-order chi connectivity index (χ0) is 32.3. The number of halogens is 2. The molecule has 1 aliphatic rings. The Labute approximate surface area is 268 Å². The third kappa shape index (κ3) is 7.86. The molecule has 5 rings (SSSR count). The summed E-state index contributed by atoms with van der Waals surface area (Å²) in [6.45, 7) is 10.3. The van der Waals surface area contributed by atoms with E-state index in [9.17, 15) is 5.11 Å². The minimum Gasteiger partial charge on any atom is -0.477 e. The van der Waals surface area contributed by atoms with E-state index < -0.39 is 11.4 Å². The first-order chi connectivity index (χ1) is 21.4. The third-order valence-electron chi connectivity index (χ3n) is 8.28. The average Bonchev–Trinajstić information content (AvgIpc) is 3.25. The summed E-state index contributed by atoms with van der Waals surface area (Å²) in [5, 5.41) is 18.5. The van der Waals surface area contributed by atoms with E-state index in [4.69, 9.17) is 22.1 Å². The van der Waals surface area contributed by atoms with Crippen LogP contribution in [0.3, 0.4) is 0 Å². The number of pyridine rings is 2. The van der Waals surface area contributed by atoms with Crippen LogP contribution in [0.25, 0.3) is 22.6 Å². The Hall–Kier alpha value is -3.87. The summed E-state index contributed by atoms with van der Waals surface area (Å²) in [4.78, 5) is 19.7. The molecule has 11 nitrogen and oxygen atoms in total. The van der Waals surface area contributed by atoms with Crippen molar-refractivity contribution in [2.75, 3.05) is 30.7 Å². The van der Waals surface area contributed by atoms with E-state index in [2.05, 4.69) is 35.3 Å². The highest BCUT2D eigenvalue weighted by Crippen LogP contribution is 2.33. The Balaban J connectivity index is 1.23. The van der Waals surface area contributed by atoms with Crippen LogP contribution < -0.4 is 15.8 Å². The van der Waals surface area contributed by atoms with Crippen molar-refractivity contribution in [2.45, 2.75) is 65.1 Å². The largest absolute Gasteiger partial charge is 0.477 e. The first-order valence-corrected chi connectivity index (χ1v) is 15.5. The van der Waals surface area contributed by atoms with Gasteiger partial charge in [0.05, 0.1) is 17.9 Å². The Kier molecular flexibility index (Phi) is 9.85. The van der Waals surface area contributed by atoms with Crippen molar-refractivity contribution in [1.82, 2.24) is 34.6 Å². The monoisotopic (exact) mass is 637 g/mol. The lowest BCUT2D eigenvalue weighted by Gasteiger charge is -2.37. The Morgan fingerprint density at radius 3 is 2.64 bits per heavy atom. The van der Waals surface area contributed by atoms with Crippen LogP contribution in [0, 0.1) is 18.7 Å². The lowest BCUT2D eigenvalue weighted by Crippen LogP contribution is -2.41. The number of aryl methyl sites for hydroxylation is 2. The van der Waals surface area contributed by atoms with Gasteiger partial charge in [-0.05, 0) is 83.3 Å². The Bertz CT molecular complexity index is 1630. The fourth-order valence-electron chi connectivity index (χ4n) is 5.78. The van der Waals surface area contributed by atoms with Crippen molar-refractivity contribution < 1.29 is 14.2 Å². The first-order valence-electron chi connectivity index (χ1n) is 15.2. The summed E-state index contributed by atoms with van der Waals surface area (Å²) in [5.74, 6) is 1.20. The number of likely N-dealkylation sites (tertiary alicyclic amines) is 1. The number of anilines is 2. The van der Waals surface area contributed by atoms with Crippen molar-refractivity contribution in [1.29, 1.82) is 0 Å². The molecule has 4 aromatic heterocycles. The van der Waals surface area contributed by atoms with E-state index in [1.54, 1.807) is 36.3 Å². The van der Waals surface area contributed by atoms with Crippen LogP contribution in [-0.2, 0) is 13.6 Å². The lowest BCUT2D eigenvalue weighted by atomic mass is 9.83. The minimum atomic E-state index is -0.681. The fourth-order valence-corrected chi connectivity index (χ4v) is 5.94. The highest BCUT2D eigenvalue weighted by Gasteiger charge is 2.30. The minimum absolute atomic E-state index is 0.0715. The van der Waals surface area contributed by atoms with Gasteiger partial charge >= 0.3 is 0 Å². The highest BCUT2D eigenvalue weighted by molar-refractivity contribution is 6.29. The van der Waals surface area contributed by atoms with Gasteiger partial charge in [0.1, 0.15) is 28.0 Å². The molecule has 240 valence electrons. The highest BCUT2D eigenvalue weighted by atomic mass is 35.5. The van der Waals surface area contributed by atoms with Crippen molar-refractivity contribution >= 4 is 23.1 Å². The number of nitrogens with one attached hydrogen (secondary N) is 1. The van der Waals surface area contributed by atoms with Gasteiger partial charge in [-0.2, -0.15) is 5.10 Å². The summed E-state index contributed by atoms with van der Waals surface area (Å²) in [5.41, 5.74) is 8.76. The normalized spacial score (nSPS) is 15.3. The van der Waals surface area contributed by atoms with Crippen molar-refractivity contribution in [2.24, 2.45) is 13.0 Å². The predicted octanol–water partition coefficient (Wildman–Crippen LogP) is 5.27. The Morgan fingerprint density at radius 2 is 1.96 bits per heavy atom. The molecule has 45 heavy (non-hydrogen) atoms. The van der Waals surface area contributed by atoms with Crippen molar-refractivity contribution in [3.63, 3.8) is 0 Å². The van der Waals surface area contributed by atoms with E-state index in [0.29, 0.717) is 53.9 Å². The van der Waals surface area contributed by atoms with Gasteiger partial charge in [0.25, 0.3) is 0 Å². The second-order valence-corrected chi connectivity index (χ2v) is 12.7. The molecule has 0 amide bonds. The number of hydrogen-bond donors (Lipinski definition) is 3. The van der Waals surface area contributed by atoms with Gasteiger partial charge < -0.3 is 20.9 Å². The maximum Gasteiger partial charge on any atom is 0.223 e. The van der Waals surface area contributed by atoms with Gasteiger partial charge in [-0.1, -0.05) is 11.6 Å². The zero-order valence-corrected chi connectivity index (χ0v) is 27.1. The number of nitrogens with two attached hydrogens (primary N) is 1. The number of ether oxygens (including phenoxy) is 1. The molecule has 0 unspecified atom stereocenters. The number of piperidine rings is 1. The maximum atomic E-state index is 15.5. The molecule has 0 saturated carbocycles. The van der Waals surface area contributed by atoms with Crippen LogP contribution in [-0.4, -0.2) is 71.1 Å². The standard InChI is InChI=1S/C32H41ClFN9O2/c1-19(9-13-45-31-28(20(2)41-42(31)5)30-36-10-6-27(35)40-30)39-25-15-26(33)37-17-23(25)29-24(34)14-21(16-38-29)18-43-11-7-22(8-12-43)32(3,4)44/h6,10,14-17,19,22,44H,7-9,11-13,18H2,1-5H3,(H,37,39)(H2,35,36,40)/t19-/m0/s1. The van der Waals surface area contributed by atoms with Crippen LogP contribution in [0.1, 0.15) is 51.3 Å². The summed E-state index contributed by atoms with van der Waals surface area (Å²) >= 11 is 6.25. The topological polar surface area (TPSA) is 140 Å². The molecule has 0 spiro atoms. The molecule has 0 aromatic carbocycles. The molecule has 1 saturated heterocycles. The molecule has 0 bridgehead atoms. The third-order valence-corrected chi connectivity index (χ3v) is 8.48. The molecule has 1 fully saturated rings. The number of hydrogen-bond acceptors (Lipinski definition) is 10. The molecule has 5 heterocycles. The van der Waals surface area contributed by atoms with E-state index in [1.807, 2.05) is 27.7 Å². The number of nitrogens with zero attached hydrogens (tertiary/aromatic N) is 7. The molecular formula is C32H41ClFN9O2. The maximum absolute atomic E-state index is 15.5. The number of aromatic nitrogens is 6. The van der Waals surface area contributed by atoms with Gasteiger partial charge in [-0.15, -0.1) is 0 Å². The van der Waals surface area contributed by atoms with Crippen LogP contribution in [0.4, 0.5) is 15.9 Å². The molecule has 0 aliphatic carbocycles. The summed E-state index contributed by atoms with van der Waals surface area (Å²) < 4.78 is 23.3. The van der Waals surface area contributed by atoms with Crippen molar-refractivity contribution in [3.05, 3.63) is 59.0 Å². The summed E-state index contributed by atoms with van der Waals surface area (Å²) in [7, 11) is 1.80. The number of nitrogen functional groups attached to an aromatic ring is 1. The zero-order valence-electron chi connectivity index (χ0n) is 26.4. The van der Waals surface area contributed by atoms with E-state index in [-0.39, 0.29) is 22.8 Å². The van der Waals surface area contributed by atoms with Crippen LogP contribution in [0.5, 0.6) is 5.88 Å². The summed E-state index contributed by atoms with van der Waals surface area (Å²) in [6.07, 6.45) is 7.28. The molecule has 13 heteroatoms. The van der Waals surface area contributed by atoms with Crippen molar-refractivity contribution in [3.8, 4) is 28.5 Å². The van der Waals surface area contributed by atoms with E-state index in [0.717, 1.165) is 37.2 Å². The SMILES string of the molecule is Cc1nn(C)c(OCC[C@H](C)Nc2cc(Cl)ncc2-c2ncc(CN3CCC(C(C)(C)O)CC3)cc2F)c1-c1nccc(N)n1. The van der Waals surface area contributed by atoms with Gasteiger partial charge in [0, 0.05) is 55.9 Å². The van der Waals surface area contributed by atoms with Gasteiger partial charge in [0.15, 0.2) is 5.82 Å². The molecule has 1 aliphatic heterocycles. The van der Waals surface area contributed by atoms with Crippen LogP contribution in [0.2, 0.25) is 5.15 Å². The molecule has 4 aromatic rings. The smallest absolute Gasteiger partial charge is 0.223 e. The molecular weight excluding hydrogens is 597 g/mol. The number of rotatable bonds is 11. The average molecular weight is 638 g/mol. The number of aliphatic hydroxyl groups is 1. The Morgan fingerprint density at radius 1 is 1.20 bits per heavy atom. The second kappa shape index (κ2) is 13.6.